The van der Waals surface area contributed by atoms with E-state index in [2.05, 4.69) is 15.6 Å². The molecule has 0 aliphatic carbocycles. The van der Waals surface area contributed by atoms with Gasteiger partial charge in [0, 0.05) is 17.8 Å². The van der Waals surface area contributed by atoms with Crippen LogP contribution in [0.3, 0.4) is 0 Å². The molecule has 2 aromatic carbocycles. The van der Waals surface area contributed by atoms with Crippen LogP contribution >= 0.6 is 0 Å². The fourth-order valence-electron chi connectivity index (χ4n) is 3.08. The number of carbonyl (C=O) groups excluding carboxylic acids is 1. The summed E-state index contributed by atoms with van der Waals surface area (Å²) in [6.45, 7) is 0. The number of fused-ring (bicyclic) bond motifs is 1. The molecule has 0 unspecified atom stereocenters. The molecule has 0 aliphatic heterocycles. The molecule has 0 saturated carbocycles. The van der Waals surface area contributed by atoms with E-state index in [1.807, 2.05) is 59.1 Å². The van der Waals surface area contributed by atoms with Crippen molar-refractivity contribution in [2.45, 2.75) is 0 Å². The van der Waals surface area contributed by atoms with E-state index >= 15 is 0 Å². The average Bonchev–Trinajstić information content (AvgIpc) is 3.13. The molecule has 0 fully saturated rings. The molecule has 0 radical (unpaired) electrons. The van der Waals surface area contributed by atoms with Gasteiger partial charge in [-0.05, 0) is 24.3 Å². The number of nitrogens with zero attached hydrogens (tertiary/aromatic N) is 2. The Morgan fingerprint density at radius 3 is 2.48 bits per heavy atom. The molecule has 0 atom stereocenters. The van der Waals surface area contributed by atoms with Crippen LogP contribution in [0.2, 0.25) is 0 Å². The zero-order chi connectivity index (χ0) is 20.2. The summed E-state index contributed by atoms with van der Waals surface area (Å²) in [4.78, 5) is 17.5. The van der Waals surface area contributed by atoms with Gasteiger partial charge in [0.05, 0.1) is 19.9 Å². The molecule has 0 bridgehead atoms. The van der Waals surface area contributed by atoms with Crippen LogP contribution in [0.25, 0.3) is 16.9 Å². The van der Waals surface area contributed by atoms with E-state index < -0.39 is 6.03 Å². The molecule has 4 rings (SSSR count). The number of pyridine rings is 1. The van der Waals surface area contributed by atoms with Gasteiger partial charge in [-0.25, -0.2) is 9.78 Å². The summed E-state index contributed by atoms with van der Waals surface area (Å²) in [5.74, 6) is 1.72. The van der Waals surface area contributed by atoms with E-state index in [0.29, 0.717) is 28.7 Å². The van der Waals surface area contributed by atoms with Crippen LogP contribution in [-0.4, -0.2) is 29.6 Å². The van der Waals surface area contributed by atoms with Crippen molar-refractivity contribution in [3.8, 4) is 22.8 Å². The Labute approximate surface area is 167 Å². The fraction of sp³-hybridized carbons (Fsp3) is 0.0909. The van der Waals surface area contributed by atoms with Crippen molar-refractivity contribution < 1.29 is 14.3 Å². The molecule has 4 aromatic rings. The first-order chi connectivity index (χ1) is 14.2. The minimum atomic E-state index is -0.406. The molecular weight excluding hydrogens is 368 g/mol. The third-order valence-corrected chi connectivity index (χ3v) is 4.47. The van der Waals surface area contributed by atoms with Crippen molar-refractivity contribution in [1.82, 2.24) is 9.38 Å². The highest BCUT2D eigenvalue weighted by Gasteiger charge is 2.17. The van der Waals surface area contributed by atoms with E-state index in [0.717, 1.165) is 11.2 Å². The number of nitrogens with one attached hydrogen (secondary N) is 2. The maximum atomic E-state index is 12.8. The number of amides is 2. The van der Waals surface area contributed by atoms with Gasteiger partial charge >= 0.3 is 6.03 Å². The average molecular weight is 388 g/mol. The van der Waals surface area contributed by atoms with Gasteiger partial charge < -0.3 is 14.8 Å². The lowest BCUT2D eigenvalue weighted by atomic mass is 10.1. The number of methoxy groups -OCH3 is 2. The number of anilines is 2. The molecule has 2 N–H and O–H groups in total. The van der Waals surface area contributed by atoms with Gasteiger partial charge in [0.25, 0.3) is 0 Å². The van der Waals surface area contributed by atoms with Crippen LogP contribution in [-0.2, 0) is 0 Å². The van der Waals surface area contributed by atoms with Crippen LogP contribution in [0.4, 0.5) is 16.3 Å². The number of hydrogen-bond acceptors (Lipinski definition) is 4. The predicted molar refractivity (Wildman–Crippen MR) is 113 cm³/mol. The maximum Gasteiger partial charge on any atom is 0.324 e. The molecule has 2 amide bonds. The SMILES string of the molecule is COc1ccc(NC(=O)Nc2c(-c3ccccc3)nc3ccccn23)c(OC)c1. The molecule has 7 heteroatoms. The molecule has 29 heavy (non-hydrogen) atoms. The van der Waals surface area contributed by atoms with Crippen LogP contribution in [0, 0.1) is 0 Å². The largest absolute Gasteiger partial charge is 0.497 e. The number of hydrogen-bond donors (Lipinski definition) is 2. The first-order valence-corrected chi connectivity index (χ1v) is 9.02. The second-order valence-corrected chi connectivity index (χ2v) is 6.25. The maximum absolute atomic E-state index is 12.8. The van der Waals surface area contributed by atoms with Crippen molar-refractivity contribution in [2.75, 3.05) is 24.9 Å². The quantitative estimate of drug-likeness (QED) is 0.521. The summed E-state index contributed by atoms with van der Waals surface area (Å²) < 4.78 is 12.4. The number of imidazole rings is 1. The van der Waals surface area contributed by atoms with E-state index in [4.69, 9.17) is 9.47 Å². The Morgan fingerprint density at radius 2 is 1.72 bits per heavy atom. The lowest BCUT2D eigenvalue weighted by Gasteiger charge is -2.13. The van der Waals surface area contributed by atoms with Gasteiger partial charge in [-0.15, -0.1) is 0 Å². The van der Waals surface area contributed by atoms with Gasteiger partial charge in [-0.2, -0.15) is 0 Å². The lowest BCUT2D eigenvalue weighted by Crippen LogP contribution is -2.21. The van der Waals surface area contributed by atoms with E-state index in [-0.39, 0.29) is 0 Å². The van der Waals surface area contributed by atoms with Crippen LogP contribution < -0.4 is 20.1 Å². The first-order valence-electron chi connectivity index (χ1n) is 9.02. The monoisotopic (exact) mass is 388 g/mol. The minimum absolute atomic E-state index is 0.406. The van der Waals surface area contributed by atoms with Gasteiger partial charge in [0.15, 0.2) is 0 Å². The zero-order valence-electron chi connectivity index (χ0n) is 16.0. The topological polar surface area (TPSA) is 76.9 Å². The van der Waals surface area contributed by atoms with E-state index in [1.165, 1.54) is 7.11 Å². The summed E-state index contributed by atoms with van der Waals surface area (Å²) in [5, 5.41) is 5.75. The van der Waals surface area contributed by atoms with Crippen LogP contribution in [0.1, 0.15) is 0 Å². The highest BCUT2D eigenvalue weighted by Crippen LogP contribution is 2.31. The summed E-state index contributed by atoms with van der Waals surface area (Å²) in [5.41, 5.74) is 2.87. The molecular formula is C22H20N4O3. The van der Waals surface area contributed by atoms with E-state index in [9.17, 15) is 4.79 Å². The molecule has 2 aromatic heterocycles. The standard InChI is InChI=1S/C22H20N4O3/c1-28-16-11-12-17(18(14-16)29-2)23-22(27)25-21-20(15-8-4-3-5-9-15)24-19-10-6-7-13-26(19)21/h3-14H,1-2H3,(H2,23,25,27). The van der Waals surface area contributed by atoms with Crippen molar-refractivity contribution in [2.24, 2.45) is 0 Å². The molecule has 0 aliphatic rings. The number of urea groups is 1. The van der Waals surface area contributed by atoms with Gasteiger partial charge in [-0.1, -0.05) is 36.4 Å². The Hall–Kier alpha value is -4.00. The number of rotatable bonds is 5. The Balaban J connectivity index is 1.67. The minimum Gasteiger partial charge on any atom is -0.497 e. The fourth-order valence-corrected chi connectivity index (χ4v) is 3.08. The molecule has 0 saturated heterocycles. The molecule has 2 heterocycles. The second kappa shape index (κ2) is 7.93. The number of benzene rings is 2. The van der Waals surface area contributed by atoms with E-state index in [1.54, 1.807) is 25.3 Å². The van der Waals surface area contributed by atoms with Gasteiger partial charge in [0.1, 0.15) is 28.7 Å². The number of aromatic nitrogens is 2. The van der Waals surface area contributed by atoms with Crippen molar-refractivity contribution in [1.29, 1.82) is 0 Å². The summed E-state index contributed by atoms with van der Waals surface area (Å²) in [6.07, 6.45) is 1.86. The third kappa shape index (κ3) is 3.70. The Kier molecular flexibility index (Phi) is 5.03. The van der Waals surface area contributed by atoms with Crippen molar-refractivity contribution >= 4 is 23.2 Å². The number of carbonyl (C=O) groups is 1. The summed E-state index contributed by atoms with van der Waals surface area (Å²) in [6, 6.07) is 20.2. The number of ether oxygens (including phenoxy) is 2. The highest BCUT2D eigenvalue weighted by atomic mass is 16.5. The zero-order valence-corrected chi connectivity index (χ0v) is 16.0. The van der Waals surface area contributed by atoms with Gasteiger partial charge in [-0.3, -0.25) is 9.72 Å². The van der Waals surface area contributed by atoms with Crippen LogP contribution in [0.15, 0.2) is 72.9 Å². The molecule has 7 nitrogen and oxygen atoms in total. The first kappa shape index (κ1) is 18.4. The smallest absolute Gasteiger partial charge is 0.324 e. The molecule has 146 valence electrons. The normalized spacial score (nSPS) is 10.6. The lowest BCUT2D eigenvalue weighted by molar-refractivity contribution is 0.262. The van der Waals surface area contributed by atoms with Crippen molar-refractivity contribution in [3.63, 3.8) is 0 Å². The van der Waals surface area contributed by atoms with Crippen LogP contribution in [0.5, 0.6) is 11.5 Å². The predicted octanol–water partition coefficient (Wildman–Crippen LogP) is 4.66. The van der Waals surface area contributed by atoms with Gasteiger partial charge in [0.2, 0.25) is 0 Å². The third-order valence-electron chi connectivity index (χ3n) is 4.47. The molecule has 0 spiro atoms. The highest BCUT2D eigenvalue weighted by molar-refractivity contribution is 6.02. The summed E-state index contributed by atoms with van der Waals surface area (Å²) >= 11 is 0. The Morgan fingerprint density at radius 1 is 0.931 bits per heavy atom. The summed E-state index contributed by atoms with van der Waals surface area (Å²) in [7, 11) is 3.11. The Bertz CT molecular complexity index is 1160. The van der Waals surface area contributed by atoms with Crippen molar-refractivity contribution in [3.05, 3.63) is 72.9 Å². The second-order valence-electron chi connectivity index (χ2n) is 6.25.